The summed E-state index contributed by atoms with van der Waals surface area (Å²) in [6.07, 6.45) is 10.3. The predicted octanol–water partition coefficient (Wildman–Crippen LogP) is 2.78. The van der Waals surface area contributed by atoms with Gasteiger partial charge in [-0.1, -0.05) is 26.8 Å². The largest absolute Gasteiger partial charge is 0.376 e. The first-order valence-electron chi connectivity index (χ1n) is 10.6. The number of rotatable bonds is 8. The average Bonchev–Trinajstić information content (AvgIpc) is 3.15. The van der Waals surface area contributed by atoms with E-state index in [-0.39, 0.29) is 23.6 Å². The van der Waals surface area contributed by atoms with Crippen LogP contribution >= 0.6 is 0 Å². The molecule has 160 valence electrons. The molecule has 2 atom stereocenters. The van der Waals surface area contributed by atoms with Gasteiger partial charge in [0.2, 0.25) is 5.91 Å². The summed E-state index contributed by atoms with van der Waals surface area (Å²) in [6.45, 7) is 7.58. The molecule has 0 radical (unpaired) electrons. The van der Waals surface area contributed by atoms with Crippen molar-refractivity contribution >= 4 is 11.6 Å². The quantitative estimate of drug-likeness (QED) is 0.584. The third kappa shape index (κ3) is 5.36. The maximum absolute atomic E-state index is 12.7. The van der Waals surface area contributed by atoms with E-state index >= 15 is 0 Å². The van der Waals surface area contributed by atoms with E-state index in [4.69, 9.17) is 0 Å². The molecule has 3 N–H and O–H groups in total. The maximum atomic E-state index is 12.7. The van der Waals surface area contributed by atoms with E-state index in [1.165, 1.54) is 0 Å². The van der Waals surface area contributed by atoms with Gasteiger partial charge in [0.1, 0.15) is 5.69 Å². The number of aromatic amines is 1. The van der Waals surface area contributed by atoms with Gasteiger partial charge in [0.25, 0.3) is 5.56 Å². The van der Waals surface area contributed by atoms with Gasteiger partial charge in [-0.25, -0.2) is 0 Å². The number of carbonyl (C=O) groups is 1. The van der Waals surface area contributed by atoms with Crippen LogP contribution in [-0.4, -0.2) is 52.0 Å². The summed E-state index contributed by atoms with van der Waals surface area (Å²) in [5, 5.41) is 6.67. The second-order valence-corrected chi connectivity index (χ2v) is 7.88. The number of anilines is 1. The molecule has 30 heavy (non-hydrogen) atoms. The number of likely N-dealkylation sites (tertiary alicyclic amines) is 1. The Balaban J connectivity index is 1.70. The molecule has 1 fully saturated rings. The summed E-state index contributed by atoms with van der Waals surface area (Å²) in [5.41, 5.74) is 2.27. The number of nitrogens with zero attached hydrogens (tertiary/aromatic N) is 2. The van der Waals surface area contributed by atoms with Crippen LogP contribution < -0.4 is 16.2 Å². The van der Waals surface area contributed by atoms with Crippen LogP contribution in [0.1, 0.15) is 33.6 Å². The summed E-state index contributed by atoms with van der Waals surface area (Å²) in [6, 6.07) is 6.14. The van der Waals surface area contributed by atoms with Crippen LogP contribution in [0.4, 0.5) is 5.69 Å². The van der Waals surface area contributed by atoms with Crippen molar-refractivity contribution in [2.24, 2.45) is 0 Å². The van der Waals surface area contributed by atoms with Crippen LogP contribution in [0.3, 0.4) is 0 Å². The first-order chi connectivity index (χ1) is 14.5. The van der Waals surface area contributed by atoms with Gasteiger partial charge in [0.15, 0.2) is 0 Å². The molecule has 3 rings (SSSR count). The zero-order valence-electron chi connectivity index (χ0n) is 17.9. The van der Waals surface area contributed by atoms with Crippen molar-refractivity contribution in [3.8, 4) is 11.1 Å². The molecule has 1 aliphatic rings. The van der Waals surface area contributed by atoms with Crippen molar-refractivity contribution in [3.63, 3.8) is 0 Å². The lowest BCUT2D eigenvalue weighted by Crippen LogP contribution is -2.41. The number of pyridine rings is 2. The number of hydrogen-bond acceptors (Lipinski definition) is 5. The zero-order valence-corrected chi connectivity index (χ0v) is 17.9. The van der Waals surface area contributed by atoms with Crippen LogP contribution in [0, 0.1) is 0 Å². The van der Waals surface area contributed by atoms with Gasteiger partial charge in [0, 0.05) is 55.4 Å². The lowest BCUT2D eigenvalue weighted by atomic mass is 10.1. The molecule has 3 heterocycles. The molecular formula is C23H31N5O2. The Bertz CT molecular complexity index is 923. The van der Waals surface area contributed by atoms with Crippen molar-refractivity contribution < 1.29 is 4.79 Å². The highest BCUT2D eigenvalue weighted by Gasteiger charge is 2.35. The van der Waals surface area contributed by atoms with Crippen molar-refractivity contribution in [1.29, 1.82) is 0 Å². The fourth-order valence-corrected chi connectivity index (χ4v) is 3.86. The van der Waals surface area contributed by atoms with E-state index in [0.29, 0.717) is 24.8 Å². The van der Waals surface area contributed by atoms with Gasteiger partial charge in [-0.15, -0.1) is 0 Å². The molecule has 0 spiro atoms. The topological polar surface area (TPSA) is 90.1 Å². The Morgan fingerprint density at radius 2 is 2.10 bits per heavy atom. The molecule has 0 bridgehead atoms. The minimum Gasteiger partial charge on any atom is -0.376 e. The van der Waals surface area contributed by atoms with Gasteiger partial charge in [-0.3, -0.25) is 14.6 Å². The number of nitrogens with one attached hydrogen (secondary N) is 3. The van der Waals surface area contributed by atoms with Crippen LogP contribution in [0.2, 0.25) is 0 Å². The van der Waals surface area contributed by atoms with E-state index in [2.05, 4.69) is 41.4 Å². The van der Waals surface area contributed by atoms with Crippen molar-refractivity contribution in [2.75, 3.05) is 18.4 Å². The standard InChI is InChI=1S/C23H31N5O2/c1-4-21-19(9-13-28(21)22(29)6-5-10-25-16(2)3)27-20-14-18(15-26-23(20)30)17-7-11-24-12-8-17/h5-8,11-12,14-16,19,21,25,27H,4,9-10,13H2,1-3H3,(H,26,30)/b6-5+/t19?,21-/m1/s1. The van der Waals surface area contributed by atoms with Gasteiger partial charge < -0.3 is 20.5 Å². The maximum Gasteiger partial charge on any atom is 0.271 e. The monoisotopic (exact) mass is 409 g/mol. The fraction of sp³-hybridized carbons (Fsp3) is 0.435. The predicted molar refractivity (Wildman–Crippen MR) is 120 cm³/mol. The fourth-order valence-electron chi connectivity index (χ4n) is 3.86. The molecule has 2 aromatic rings. The minimum absolute atomic E-state index is 0.0242. The van der Waals surface area contributed by atoms with Crippen molar-refractivity contribution in [2.45, 2.75) is 51.7 Å². The van der Waals surface area contributed by atoms with Crippen LogP contribution in [-0.2, 0) is 4.79 Å². The number of amides is 1. The Kier molecular flexibility index (Phi) is 7.41. The second kappa shape index (κ2) is 10.2. The van der Waals surface area contributed by atoms with E-state index in [0.717, 1.165) is 24.0 Å². The SMILES string of the molecule is CC[C@@H]1C(Nc2cc(-c3ccncc3)c[nH]c2=O)CCN1C(=O)/C=C/CNC(C)C. The molecule has 1 aliphatic heterocycles. The first-order valence-corrected chi connectivity index (χ1v) is 10.6. The molecule has 7 nitrogen and oxygen atoms in total. The normalized spacial score (nSPS) is 19.0. The summed E-state index contributed by atoms with van der Waals surface area (Å²) >= 11 is 0. The van der Waals surface area contributed by atoms with Gasteiger partial charge in [-0.2, -0.15) is 0 Å². The Morgan fingerprint density at radius 1 is 1.33 bits per heavy atom. The third-order valence-corrected chi connectivity index (χ3v) is 5.41. The molecule has 0 saturated carbocycles. The van der Waals surface area contributed by atoms with Gasteiger partial charge in [0.05, 0.1) is 6.04 Å². The van der Waals surface area contributed by atoms with E-state index in [1.807, 2.05) is 29.2 Å². The van der Waals surface area contributed by atoms with Crippen LogP contribution in [0.25, 0.3) is 11.1 Å². The highest BCUT2D eigenvalue weighted by molar-refractivity contribution is 5.88. The molecule has 1 amide bonds. The first kappa shape index (κ1) is 21.8. The highest BCUT2D eigenvalue weighted by Crippen LogP contribution is 2.25. The highest BCUT2D eigenvalue weighted by atomic mass is 16.2. The molecule has 7 heteroatoms. The molecule has 0 aliphatic carbocycles. The average molecular weight is 410 g/mol. The lowest BCUT2D eigenvalue weighted by Gasteiger charge is -2.27. The second-order valence-electron chi connectivity index (χ2n) is 7.88. The minimum atomic E-state index is -0.160. The molecular weight excluding hydrogens is 378 g/mol. The molecule has 1 unspecified atom stereocenters. The van der Waals surface area contributed by atoms with Gasteiger partial charge >= 0.3 is 0 Å². The number of aromatic nitrogens is 2. The van der Waals surface area contributed by atoms with E-state index in [9.17, 15) is 9.59 Å². The van der Waals surface area contributed by atoms with Crippen molar-refractivity contribution in [3.05, 3.63) is 59.3 Å². The molecule has 1 saturated heterocycles. The summed E-state index contributed by atoms with van der Waals surface area (Å²) in [7, 11) is 0. The summed E-state index contributed by atoms with van der Waals surface area (Å²) < 4.78 is 0. The van der Waals surface area contributed by atoms with Crippen LogP contribution in [0.15, 0.2) is 53.7 Å². The Labute approximate surface area is 177 Å². The Hall–Kier alpha value is -2.93. The summed E-state index contributed by atoms with van der Waals surface area (Å²) in [4.78, 5) is 33.8. The summed E-state index contributed by atoms with van der Waals surface area (Å²) in [5.74, 6) is 0.0242. The molecule has 2 aromatic heterocycles. The van der Waals surface area contributed by atoms with Crippen molar-refractivity contribution in [1.82, 2.24) is 20.2 Å². The Morgan fingerprint density at radius 3 is 2.80 bits per heavy atom. The number of hydrogen-bond donors (Lipinski definition) is 3. The smallest absolute Gasteiger partial charge is 0.271 e. The number of carbonyl (C=O) groups excluding carboxylic acids is 1. The molecule has 0 aromatic carbocycles. The van der Waals surface area contributed by atoms with Gasteiger partial charge in [-0.05, 0) is 36.6 Å². The lowest BCUT2D eigenvalue weighted by molar-refractivity contribution is -0.126. The third-order valence-electron chi connectivity index (χ3n) is 5.41. The zero-order chi connectivity index (χ0) is 21.5. The number of H-pyrrole nitrogens is 1. The van der Waals surface area contributed by atoms with E-state index in [1.54, 1.807) is 24.7 Å². The van der Waals surface area contributed by atoms with E-state index < -0.39 is 0 Å². The van der Waals surface area contributed by atoms with Crippen LogP contribution in [0.5, 0.6) is 0 Å².